The average molecular weight is 294 g/mol. The number of piperidine rings is 1. The fraction of sp³-hybridized carbons (Fsp3) is 0.368. The van der Waals surface area contributed by atoms with Crippen molar-refractivity contribution < 1.29 is 4.79 Å². The van der Waals surface area contributed by atoms with Gasteiger partial charge in [-0.15, -0.1) is 6.58 Å². The van der Waals surface area contributed by atoms with Crippen molar-refractivity contribution in [2.45, 2.75) is 31.7 Å². The van der Waals surface area contributed by atoms with E-state index in [-0.39, 0.29) is 5.78 Å². The van der Waals surface area contributed by atoms with Crippen LogP contribution in [0, 0.1) is 5.92 Å². The van der Waals surface area contributed by atoms with Crippen molar-refractivity contribution in [3.63, 3.8) is 0 Å². The number of aromatic nitrogens is 1. The highest BCUT2D eigenvalue weighted by atomic mass is 16.1. The third-order valence-corrected chi connectivity index (χ3v) is 4.56. The summed E-state index contributed by atoms with van der Waals surface area (Å²) in [5.74, 6) is 0.841. The molecule has 3 nitrogen and oxygen atoms in total. The molecule has 114 valence electrons. The van der Waals surface area contributed by atoms with E-state index in [4.69, 9.17) is 0 Å². The second kappa shape index (κ2) is 6.84. The highest BCUT2D eigenvalue weighted by Crippen LogP contribution is 2.24. The number of Topliss-reactive ketones (excluding diaryl/α,β-unsaturated/α-hetero) is 1. The van der Waals surface area contributed by atoms with Gasteiger partial charge in [0, 0.05) is 29.6 Å². The molecule has 0 aliphatic carbocycles. The van der Waals surface area contributed by atoms with Gasteiger partial charge in [0.25, 0.3) is 0 Å². The minimum Gasteiger partial charge on any atom is -0.311 e. The molecule has 1 saturated heterocycles. The molecule has 2 heterocycles. The molecule has 3 heteroatoms. The summed E-state index contributed by atoms with van der Waals surface area (Å²) in [5.41, 5.74) is 1.70. The SMILES string of the molecule is C=C[C@H]1C[C@H](CCC(=O)c2ccnc3ccccc23)CCN1. The van der Waals surface area contributed by atoms with Crippen LogP contribution in [-0.2, 0) is 0 Å². The van der Waals surface area contributed by atoms with E-state index in [9.17, 15) is 4.79 Å². The molecule has 0 radical (unpaired) electrons. The van der Waals surface area contributed by atoms with E-state index in [0.29, 0.717) is 18.4 Å². The highest BCUT2D eigenvalue weighted by molar-refractivity contribution is 6.07. The predicted octanol–water partition coefficient (Wildman–Crippen LogP) is 3.75. The van der Waals surface area contributed by atoms with Crippen molar-refractivity contribution in [2.24, 2.45) is 5.92 Å². The van der Waals surface area contributed by atoms with E-state index in [1.165, 1.54) is 0 Å². The van der Waals surface area contributed by atoms with Crippen LogP contribution in [-0.4, -0.2) is 23.4 Å². The Morgan fingerprint density at radius 1 is 1.36 bits per heavy atom. The van der Waals surface area contributed by atoms with Crippen LogP contribution in [0.25, 0.3) is 10.9 Å². The van der Waals surface area contributed by atoms with E-state index in [0.717, 1.165) is 42.3 Å². The van der Waals surface area contributed by atoms with Crippen LogP contribution in [0.5, 0.6) is 0 Å². The van der Waals surface area contributed by atoms with E-state index in [1.807, 2.05) is 36.4 Å². The summed E-state index contributed by atoms with van der Waals surface area (Å²) < 4.78 is 0. The van der Waals surface area contributed by atoms with Gasteiger partial charge in [-0.2, -0.15) is 0 Å². The molecule has 2 atom stereocenters. The van der Waals surface area contributed by atoms with Crippen molar-refractivity contribution in [3.05, 3.63) is 54.7 Å². The molecular formula is C19H22N2O. The van der Waals surface area contributed by atoms with Gasteiger partial charge in [0.15, 0.2) is 5.78 Å². The maximum Gasteiger partial charge on any atom is 0.163 e. The Morgan fingerprint density at radius 2 is 2.23 bits per heavy atom. The minimum atomic E-state index is 0.229. The first-order valence-electron chi connectivity index (χ1n) is 8.01. The first-order chi connectivity index (χ1) is 10.8. The molecule has 3 rings (SSSR count). The molecule has 1 aromatic heterocycles. The molecule has 1 aliphatic heterocycles. The summed E-state index contributed by atoms with van der Waals surface area (Å²) in [6.07, 6.45) is 7.52. The number of nitrogens with zero attached hydrogens (tertiary/aromatic N) is 1. The van der Waals surface area contributed by atoms with Gasteiger partial charge < -0.3 is 5.32 Å². The van der Waals surface area contributed by atoms with Gasteiger partial charge in [0.2, 0.25) is 0 Å². The van der Waals surface area contributed by atoms with Crippen molar-refractivity contribution in [2.75, 3.05) is 6.54 Å². The lowest BCUT2D eigenvalue weighted by Gasteiger charge is -2.28. The fourth-order valence-corrected chi connectivity index (χ4v) is 3.28. The van der Waals surface area contributed by atoms with Gasteiger partial charge in [-0.3, -0.25) is 9.78 Å². The molecule has 2 aromatic rings. The number of benzene rings is 1. The van der Waals surface area contributed by atoms with Gasteiger partial charge in [0.1, 0.15) is 0 Å². The van der Waals surface area contributed by atoms with Crippen molar-refractivity contribution in [1.29, 1.82) is 0 Å². The highest BCUT2D eigenvalue weighted by Gasteiger charge is 2.20. The lowest BCUT2D eigenvalue weighted by molar-refractivity contribution is 0.0971. The monoisotopic (exact) mass is 294 g/mol. The number of rotatable bonds is 5. The van der Waals surface area contributed by atoms with Crippen molar-refractivity contribution in [3.8, 4) is 0 Å². The third kappa shape index (κ3) is 3.25. The quantitative estimate of drug-likeness (QED) is 0.674. The zero-order valence-electron chi connectivity index (χ0n) is 12.8. The summed E-state index contributed by atoms with van der Waals surface area (Å²) in [7, 11) is 0. The molecule has 0 unspecified atom stereocenters. The molecule has 0 amide bonds. The number of carbonyl (C=O) groups excluding carboxylic acids is 1. The Balaban J connectivity index is 1.67. The Bertz CT molecular complexity index is 675. The van der Waals surface area contributed by atoms with Crippen molar-refractivity contribution >= 4 is 16.7 Å². The Hall–Kier alpha value is -2.00. The standard InChI is InChI=1S/C19H22N2O/c1-2-15-13-14(9-11-20-15)7-8-19(22)17-10-12-21-18-6-4-3-5-16(17)18/h2-6,10,12,14-15,20H,1,7-9,11,13H2/t14-,15+/m1/s1. The molecular weight excluding hydrogens is 272 g/mol. The first-order valence-corrected chi connectivity index (χ1v) is 8.01. The van der Waals surface area contributed by atoms with E-state index < -0.39 is 0 Å². The van der Waals surface area contributed by atoms with E-state index in [1.54, 1.807) is 6.20 Å². The molecule has 0 saturated carbocycles. The normalized spacial score (nSPS) is 21.6. The topological polar surface area (TPSA) is 42.0 Å². The van der Waals surface area contributed by atoms with Crippen LogP contribution in [0.1, 0.15) is 36.0 Å². The number of hydrogen-bond acceptors (Lipinski definition) is 3. The Kier molecular flexibility index (Phi) is 4.64. The van der Waals surface area contributed by atoms with Crippen LogP contribution < -0.4 is 5.32 Å². The lowest BCUT2D eigenvalue weighted by Crippen LogP contribution is -2.36. The van der Waals surface area contributed by atoms with Gasteiger partial charge in [-0.05, 0) is 43.9 Å². The number of fused-ring (bicyclic) bond motifs is 1. The molecule has 1 aliphatic rings. The summed E-state index contributed by atoms with van der Waals surface area (Å²) in [5, 5.41) is 4.39. The maximum absolute atomic E-state index is 12.6. The Morgan fingerprint density at radius 3 is 3.09 bits per heavy atom. The summed E-state index contributed by atoms with van der Waals surface area (Å²) in [4.78, 5) is 16.9. The summed E-state index contributed by atoms with van der Waals surface area (Å²) in [6.45, 7) is 4.88. The van der Waals surface area contributed by atoms with Gasteiger partial charge in [-0.1, -0.05) is 24.3 Å². The second-order valence-electron chi connectivity index (χ2n) is 6.02. The number of para-hydroxylation sites is 1. The van der Waals surface area contributed by atoms with Crippen LogP contribution in [0.3, 0.4) is 0 Å². The fourth-order valence-electron chi connectivity index (χ4n) is 3.28. The van der Waals surface area contributed by atoms with E-state index in [2.05, 4.69) is 16.9 Å². The van der Waals surface area contributed by atoms with Gasteiger partial charge in [-0.25, -0.2) is 0 Å². The largest absolute Gasteiger partial charge is 0.311 e. The number of carbonyl (C=O) groups is 1. The average Bonchev–Trinajstić information content (AvgIpc) is 2.59. The number of pyridine rings is 1. The second-order valence-corrected chi connectivity index (χ2v) is 6.02. The summed E-state index contributed by atoms with van der Waals surface area (Å²) in [6, 6.07) is 10.1. The first kappa shape index (κ1) is 14.9. The predicted molar refractivity (Wildman–Crippen MR) is 90.0 cm³/mol. The zero-order chi connectivity index (χ0) is 15.4. The van der Waals surface area contributed by atoms with E-state index >= 15 is 0 Å². The minimum absolute atomic E-state index is 0.229. The smallest absolute Gasteiger partial charge is 0.163 e. The number of ketones is 1. The number of nitrogens with one attached hydrogen (secondary N) is 1. The van der Waals surface area contributed by atoms with Crippen molar-refractivity contribution in [1.82, 2.24) is 10.3 Å². The molecule has 1 aromatic carbocycles. The van der Waals surface area contributed by atoms with Crippen LogP contribution in [0.4, 0.5) is 0 Å². The van der Waals surface area contributed by atoms with Gasteiger partial charge >= 0.3 is 0 Å². The zero-order valence-corrected chi connectivity index (χ0v) is 12.8. The maximum atomic E-state index is 12.6. The van der Waals surface area contributed by atoms with Crippen LogP contribution in [0.15, 0.2) is 49.2 Å². The van der Waals surface area contributed by atoms with Gasteiger partial charge in [0.05, 0.1) is 5.52 Å². The third-order valence-electron chi connectivity index (χ3n) is 4.56. The molecule has 1 N–H and O–H groups in total. The van der Waals surface area contributed by atoms with Crippen LogP contribution >= 0.6 is 0 Å². The Labute approximate surface area is 131 Å². The molecule has 0 bridgehead atoms. The lowest BCUT2D eigenvalue weighted by atomic mass is 9.87. The molecule has 1 fully saturated rings. The van der Waals surface area contributed by atoms with Crippen LogP contribution in [0.2, 0.25) is 0 Å². The molecule has 22 heavy (non-hydrogen) atoms. The molecule has 0 spiro atoms. The number of hydrogen-bond donors (Lipinski definition) is 1. The summed E-state index contributed by atoms with van der Waals surface area (Å²) >= 11 is 0.